The third kappa shape index (κ3) is 1.16. The van der Waals surface area contributed by atoms with Crippen LogP contribution in [0, 0.1) is 0 Å². The minimum atomic E-state index is -5.16. The molecule has 3 aliphatic heterocycles. The van der Waals surface area contributed by atoms with Crippen LogP contribution in [0.4, 0.5) is 12.9 Å². The first kappa shape index (κ1) is 9.40. The van der Waals surface area contributed by atoms with E-state index >= 15 is 0 Å². The van der Waals surface area contributed by atoms with E-state index < -0.39 is 14.5 Å². The number of rotatable bonds is 1. The summed E-state index contributed by atoms with van der Waals surface area (Å²) in [5.41, 5.74) is 0. The van der Waals surface area contributed by atoms with E-state index in [1.165, 1.54) is 0 Å². The summed E-state index contributed by atoms with van der Waals surface area (Å²) in [7, 11) is -3.97. The Morgan fingerprint density at radius 2 is 1.21 bits per heavy atom. The van der Waals surface area contributed by atoms with Gasteiger partial charge in [0.1, 0.15) is 18.3 Å². The van der Waals surface area contributed by atoms with Gasteiger partial charge in [0.15, 0.2) is 0 Å². The van der Waals surface area contributed by atoms with Crippen LogP contribution in [-0.4, -0.2) is 25.0 Å². The lowest BCUT2D eigenvalue weighted by molar-refractivity contribution is -0.115. The minimum Gasteiger partial charge on any atom is -0.404 e. The van der Waals surface area contributed by atoms with Crippen molar-refractivity contribution in [2.75, 3.05) is 0 Å². The molecule has 1 aliphatic carbocycles. The van der Waals surface area contributed by atoms with E-state index in [1.54, 1.807) is 0 Å². The zero-order valence-electron chi connectivity index (χ0n) is 7.24. The van der Waals surface area contributed by atoms with Crippen LogP contribution < -0.4 is 0 Å². The van der Waals surface area contributed by atoms with Gasteiger partial charge in [-0.2, -0.15) is 0 Å². The smallest absolute Gasteiger partial charge is 0.404 e. The van der Waals surface area contributed by atoms with Crippen LogP contribution in [0.25, 0.3) is 0 Å². The molecule has 4 aliphatic rings. The second-order valence-electron chi connectivity index (χ2n) is 3.97. The summed E-state index contributed by atoms with van der Waals surface area (Å²) in [4.78, 5) is 0. The van der Waals surface area contributed by atoms with Crippen LogP contribution in [-0.2, 0) is 13.6 Å². The summed E-state index contributed by atoms with van der Waals surface area (Å²) in [6.07, 6.45) is 0.893. The van der Waals surface area contributed by atoms with Gasteiger partial charge in [-0.1, -0.05) is 0 Å². The van der Waals surface area contributed by atoms with Crippen LogP contribution >= 0.6 is 7.82 Å². The first-order valence-corrected chi connectivity index (χ1v) is 6.23. The summed E-state index contributed by atoms with van der Waals surface area (Å²) in [5.74, 6) is 0. The Bertz CT molecular complexity index is 236. The largest absolute Gasteiger partial charge is 0.747 e. The Kier molecular flexibility index (Phi) is 1.77. The molecular weight excluding hydrogens is 219 g/mol. The average molecular weight is 228 g/mol. The van der Waals surface area contributed by atoms with Crippen molar-refractivity contribution in [3.05, 3.63) is 0 Å². The Hall–Kier alpha value is 0.165. The van der Waals surface area contributed by atoms with Crippen LogP contribution in [0.1, 0.15) is 19.3 Å². The van der Waals surface area contributed by atoms with Gasteiger partial charge >= 0.3 is 14.5 Å². The number of halogens is 3. The van der Waals surface area contributed by atoms with E-state index in [0.717, 1.165) is 0 Å². The van der Waals surface area contributed by atoms with Crippen LogP contribution in [0.2, 0.25) is 0 Å². The standard InChI is InChI=1S/C6H9BF3O3P/c8-7(9,10)14-11-4-1-5(12-14)3-6(2-4)13-14/h4-6H,1-3H2. The predicted octanol–water partition coefficient (Wildman–Crippen LogP) is 2.46. The summed E-state index contributed by atoms with van der Waals surface area (Å²) in [5, 5.41) is 0. The molecule has 3 saturated heterocycles. The molecule has 14 heavy (non-hydrogen) atoms. The first-order valence-electron chi connectivity index (χ1n) is 4.62. The third-order valence-corrected chi connectivity index (χ3v) is 5.32. The van der Waals surface area contributed by atoms with Gasteiger partial charge in [-0.3, -0.25) is 0 Å². The predicted molar refractivity (Wildman–Crippen MR) is 44.5 cm³/mol. The molecule has 0 radical (unpaired) electrons. The van der Waals surface area contributed by atoms with E-state index in [1.807, 2.05) is 0 Å². The Balaban J connectivity index is 1.95. The van der Waals surface area contributed by atoms with Gasteiger partial charge in [-0.05, 0) is 0 Å². The molecule has 0 aromatic heterocycles. The van der Waals surface area contributed by atoms with Crippen LogP contribution in [0.15, 0.2) is 0 Å². The average Bonchev–Trinajstić information content (AvgIpc) is 1.98. The summed E-state index contributed by atoms with van der Waals surface area (Å²) in [6.45, 7) is -5.16. The second-order valence-corrected chi connectivity index (χ2v) is 6.27. The van der Waals surface area contributed by atoms with Crippen molar-refractivity contribution >= 4 is 14.5 Å². The van der Waals surface area contributed by atoms with Crippen molar-refractivity contribution in [3.63, 3.8) is 0 Å². The van der Waals surface area contributed by atoms with Gasteiger partial charge in [0.05, 0.1) is 0 Å². The highest BCUT2D eigenvalue weighted by Gasteiger charge is 2.75. The van der Waals surface area contributed by atoms with Crippen molar-refractivity contribution in [2.24, 2.45) is 0 Å². The normalized spacial score (nSPS) is 51.2. The Labute approximate surface area is 79.5 Å². The van der Waals surface area contributed by atoms with E-state index in [0.29, 0.717) is 19.3 Å². The van der Waals surface area contributed by atoms with Crippen molar-refractivity contribution in [2.45, 2.75) is 37.6 Å². The van der Waals surface area contributed by atoms with Crippen LogP contribution in [0.3, 0.4) is 0 Å². The van der Waals surface area contributed by atoms with E-state index in [9.17, 15) is 12.9 Å². The van der Waals surface area contributed by atoms with E-state index in [-0.39, 0.29) is 18.3 Å². The topological polar surface area (TPSA) is 27.7 Å². The molecular formula is C6H9BF3O3P. The monoisotopic (exact) mass is 228 g/mol. The maximum Gasteiger partial charge on any atom is 0.747 e. The highest BCUT2D eigenvalue weighted by Crippen LogP contribution is 2.79. The van der Waals surface area contributed by atoms with Crippen LogP contribution in [0.5, 0.6) is 0 Å². The van der Waals surface area contributed by atoms with Gasteiger partial charge < -0.3 is 12.9 Å². The van der Waals surface area contributed by atoms with Crippen molar-refractivity contribution in [1.29, 1.82) is 0 Å². The second kappa shape index (κ2) is 2.64. The van der Waals surface area contributed by atoms with Crippen molar-refractivity contribution < 1.29 is 26.5 Å². The molecule has 0 unspecified atom stereocenters. The lowest BCUT2D eigenvalue weighted by Gasteiger charge is -2.50. The van der Waals surface area contributed by atoms with Gasteiger partial charge in [-0.15, -0.1) is 0 Å². The fourth-order valence-electron chi connectivity index (χ4n) is 2.33. The molecule has 1 saturated carbocycles. The first-order chi connectivity index (χ1) is 6.48. The fraction of sp³-hybridized carbons (Fsp3) is 1.00. The zero-order valence-corrected chi connectivity index (χ0v) is 8.13. The molecule has 0 amide bonds. The quantitative estimate of drug-likeness (QED) is 0.509. The molecule has 0 spiro atoms. The fourth-order valence-corrected chi connectivity index (χ4v) is 4.66. The maximum absolute atomic E-state index is 12.7. The molecule has 3 nitrogen and oxygen atoms in total. The maximum atomic E-state index is 12.7. The molecule has 3 heterocycles. The molecule has 4 fully saturated rings. The zero-order chi connectivity index (χ0) is 9.97. The third-order valence-electron chi connectivity index (χ3n) is 2.82. The van der Waals surface area contributed by atoms with E-state index in [2.05, 4.69) is 0 Å². The highest BCUT2D eigenvalue weighted by molar-refractivity contribution is 7.94. The lowest BCUT2D eigenvalue weighted by atomic mass is 9.93. The molecule has 0 N–H and O–H groups in total. The molecule has 8 heteroatoms. The number of hydrogen-bond donors (Lipinski definition) is 0. The molecule has 80 valence electrons. The van der Waals surface area contributed by atoms with E-state index in [4.69, 9.17) is 13.6 Å². The van der Waals surface area contributed by atoms with Crippen molar-refractivity contribution in [3.8, 4) is 0 Å². The Morgan fingerprint density at radius 3 is 1.50 bits per heavy atom. The molecule has 0 aromatic rings. The lowest BCUT2D eigenvalue weighted by Crippen LogP contribution is -2.51. The molecule has 0 aromatic carbocycles. The summed E-state index contributed by atoms with van der Waals surface area (Å²) in [6, 6.07) is 0. The Morgan fingerprint density at radius 1 is 0.857 bits per heavy atom. The molecule has 4 rings (SSSR count). The summed E-state index contributed by atoms with van der Waals surface area (Å²) < 4.78 is 53.0. The van der Waals surface area contributed by atoms with Gasteiger partial charge in [0.2, 0.25) is 0 Å². The number of hydrogen-bond acceptors (Lipinski definition) is 3. The van der Waals surface area contributed by atoms with Gasteiger partial charge in [0.25, 0.3) is 0 Å². The minimum absolute atomic E-state index is 0.293. The van der Waals surface area contributed by atoms with Gasteiger partial charge in [0, 0.05) is 19.3 Å². The molecule has 4 bridgehead atoms. The SMILES string of the molecule is F[B-](F)(F)[P+]12OC3CC(CC(C3)O1)O2. The van der Waals surface area contributed by atoms with Gasteiger partial charge in [-0.25, -0.2) is 13.6 Å². The summed E-state index contributed by atoms with van der Waals surface area (Å²) >= 11 is 0. The molecule has 0 atom stereocenters. The highest BCUT2D eigenvalue weighted by atomic mass is 31.2. The van der Waals surface area contributed by atoms with Crippen molar-refractivity contribution in [1.82, 2.24) is 0 Å².